The predicted molar refractivity (Wildman–Crippen MR) is 82.3 cm³/mol. The van der Waals surface area contributed by atoms with E-state index in [-0.39, 0.29) is 0 Å². The Hall–Kier alpha value is -1.06. The van der Waals surface area contributed by atoms with Crippen LogP contribution in [-0.2, 0) is 11.2 Å². The first-order valence-corrected chi connectivity index (χ1v) is 7.76. The van der Waals surface area contributed by atoms with Crippen LogP contribution in [-0.4, -0.2) is 32.9 Å². The van der Waals surface area contributed by atoms with Gasteiger partial charge < -0.3 is 14.8 Å². The molecule has 2 unspecified atom stereocenters. The third-order valence-corrected chi connectivity index (χ3v) is 4.08. The lowest BCUT2D eigenvalue weighted by Crippen LogP contribution is -2.31. The van der Waals surface area contributed by atoms with Gasteiger partial charge in [-0.05, 0) is 55.8 Å². The summed E-state index contributed by atoms with van der Waals surface area (Å²) in [5.74, 6) is 1.68. The van der Waals surface area contributed by atoms with Crippen LogP contribution in [0.3, 0.4) is 0 Å². The minimum absolute atomic E-state index is 0.605. The zero-order valence-corrected chi connectivity index (χ0v) is 12.7. The highest BCUT2D eigenvalue weighted by Gasteiger charge is 2.20. The lowest BCUT2D eigenvalue weighted by molar-refractivity contribution is 0.181. The molecule has 2 atom stereocenters. The smallest absolute Gasteiger partial charge is 0.118 e. The molecule has 3 heteroatoms. The van der Waals surface area contributed by atoms with Crippen LogP contribution in [0.4, 0.5) is 0 Å². The Balaban J connectivity index is 1.80. The molecule has 0 bridgehead atoms. The van der Waals surface area contributed by atoms with Crippen molar-refractivity contribution in [1.29, 1.82) is 0 Å². The summed E-state index contributed by atoms with van der Waals surface area (Å²) in [4.78, 5) is 0. The highest BCUT2D eigenvalue weighted by Crippen LogP contribution is 2.21. The maximum atomic E-state index is 5.48. The fraction of sp³-hybridized carbons (Fsp3) is 0.647. The summed E-state index contributed by atoms with van der Waals surface area (Å²) in [6.45, 7) is 5.12. The predicted octanol–water partition coefficient (Wildman–Crippen LogP) is 3.03. The van der Waals surface area contributed by atoms with Crippen LogP contribution >= 0.6 is 0 Å². The van der Waals surface area contributed by atoms with E-state index in [1.807, 2.05) is 12.1 Å². The minimum Gasteiger partial charge on any atom is -0.497 e. The fourth-order valence-electron chi connectivity index (χ4n) is 2.90. The second-order valence-corrected chi connectivity index (χ2v) is 5.61. The van der Waals surface area contributed by atoms with Crippen LogP contribution in [0.5, 0.6) is 5.75 Å². The van der Waals surface area contributed by atoms with E-state index in [1.54, 1.807) is 7.11 Å². The van der Waals surface area contributed by atoms with Gasteiger partial charge in [0.25, 0.3) is 0 Å². The second kappa shape index (κ2) is 8.28. The number of benzene rings is 1. The Morgan fingerprint density at radius 1 is 1.35 bits per heavy atom. The molecule has 0 saturated carbocycles. The normalized spacial score (nSPS) is 20.0. The number of ether oxygens (including phenoxy) is 2. The molecule has 3 nitrogen and oxygen atoms in total. The summed E-state index contributed by atoms with van der Waals surface area (Å²) in [6.07, 6.45) is 4.78. The average Bonchev–Trinajstić information content (AvgIpc) is 2.98. The lowest BCUT2D eigenvalue weighted by atomic mass is 9.94. The van der Waals surface area contributed by atoms with Gasteiger partial charge in [-0.3, -0.25) is 0 Å². The van der Waals surface area contributed by atoms with Crippen LogP contribution in [0.2, 0.25) is 0 Å². The molecule has 1 saturated heterocycles. The van der Waals surface area contributed by atoms with E-state index >= 15 is 0 Å². The van der Waals surface area contributed by atoms with Crippen LogP contribution < -0.4 is 10.1 Å². The Morgan fingerprint density at radius 3 is 2.75 bits per heavy atom. The average molecular weight is 277 g/mol. The second-order valence-electron chi connectivity index (χ2n) is 5.61. The Morgan fingerprint density at radius 2 is 2.15 bits per heavy atom. The van der Waals surface area contributed by atoms with Crippen molar-refractivity contribution in [2.45, 2.75) is 38.6 Å². The standard InChI is InChI=1S/C17H27NO2/c1-3-18-16(12-15-10-11-20-13-15)7-4-14-5-8-17(19-2)9-6-14/h5-6,8-9,15-16,18H,3-4,7,10-13H2,1-2H3. The Labute approximate surface area is 122 Å². The molecule has 0 aromatic heterocycles. The Kier molecular flexibility index (Phi) is 6.34. The van der Waals surface area contributed by atoms with Crippen molar-refractivity contribution in [3.63, 3.8) is 0 Å². The van der Waals surface area contributed by atoms with Crippen LogP contribution in [0, 0.1) is 5.92 Å². The van der Waals surface area contributed by atoms with Crippen molar-refractivity contribution in [2.75, 3.05) is 26.9 Å². The van der Waals surface area contributed by atoms with Gasteiger partial charge in [-0.15, -0.1) is 0 Å². The molecule has 1 aliphatic heterocycles. The monoisotopic (exact) mass is 277 g/mol. The maximum Gasteiger partial charge on any atom is 0.118 e. The van der Waals surface area contributed by atoms with E-state index in [2.05, 4.69) is 24.4 Å². The highest BCUT2D eigenvalue weighted by molar-refractivity contribution is 5.27. The van der Waals surface area contributed by atoms with Gasteiger partial charge in [-0.1, -0.05) is 19.1 Å². The summed E-state index contributed by atoms with van der Waals surface area (Å²) in [7, 11) is 1.71. The molecule has 20 heavy (non-hydrogen) atoms. The fourth-order valence-corrected chi connectivity index (χ4v) is 2.90. The highest BCUT2D eigenvalue weighted by atomic mass is 16.5. The number of hydrogen-bond donors (Lipinski definition) is 1. The first kappa shape index (κ1) is 15.3. The topological polar surface area (TPSA) is 30.5 Å². The third-order valence-electron chi connectivity index (χ3n) is 4.08. The molecule has 1 aliphatic rings. The maximum absolute atomic E-state index is 5.48. The lowest BCUT2D eigenvalue weighted by Gasteiger charge is -2.20. The largest absolute Gasteiger partial charge is 0.497 e. The molecule has 1 heterocycles. The van der Waals surface area contributed by atoms with Crippen molar-refractivity contribution in [1.82, 2.24) is 5.32 Å². The van der Waals surface area contributed by atoms with Gasteiger partial charge in [0.1, 0.15) is 5.75 Å². The van der Waals surface area contributed by atoms with E-state index in [9.17, 15) is 0 Å². The van der Waals surface area contributed by atoms with E-state index < -0.39 is 0 Å². The Bertz CT molecular complexity index is 371. The number of nitrogens with one attached hydrogen (secondary N) is 1. The van der Waals surface area contributed by atoms with Gasteiger partial charge in [0.2, 0.25) is 0 Å². The molecular formula is C17H27NO2. The van der Waals surface area contributed by atoms with Crippen molar-refractivity contribution in [2.24, 2.45) is 5.92 Å². The number of rotatable bonds is 8. The molecular weight excluding hydrogens is 250 g/mol. The SMILES string of the molecule is CCNC(CCc1ccc(OC)cc1)CC1CCOC1. The first-order chi connectivity index (χ1) is 9.81. The molecule has 0 spiro atoms. The molecule has 0 amide bonds. The summed E-state index contributed by atoms with van der Waals surface area (Å²) >= 11 is 0. The zero-order valence-electron chi connectivity index (χ0n) is 12.7. The van der Waals surface area contributed by atoms with Crippen LogP contribution in [0.15, 0.2) is 24.3 Å². The molecule has 2 rings (SSSR count). The molecule has 1 aromatic rings. The summed E-state index contributed by atoms with van der Waals surface area (Å²) < 4.78 is 10.7. The van der Waals surface area contributed by atoms with Gasteiger partial charge in [-0.25, -0.2) is 0 Å². The number of hydrogen-bond acceptors (Lipinski definition) is 3. The van der Waals surface area contributed by atoms with Crippen molar-refractivity contribution < 1.29 is 9.47 Å². The van der Waals surface area contributed by atoms with E-state index in [4.69, 9.17) is 9.47 Å². The van der Waals surface area contributed by atoms with Gasteiger partial charge in [0.05, 0.1) is 7.11 Å². The third kappa shape index (κ3) is 4.80. The van der Waals surface area contributed by atoms with Gasteiger partial charge in [0.15, 0.2) is 0 Å². The van der Waals surface area contributed by atoms with Crippen LogP contribution in [0.1, 0.15) is 31.7 Å². The summed E-state index contributed by atoms with van der Waals surface area (Å²) in [6, 6.07) is 9.03. The van der Waals surface area contributed by atoms with E-state index in [0.29, 0.717) is 6.04 Å². The zero-order chi connectivity index (χ0) is 14.2. The number of aryl methyl sites for hydroxylation is 1. The molecule has 1 N–H and O–H groups in total. The quantitative estimate of drug-likeness (QED) is 0.792. The molecule has 1 aromatic carbocycles. The van der Waals surface area contributed by atoms with E-state index in [1.165, 1.54) is 24.8 Å². The van der Waals surface area contributed by atoms with Crippen molar-refractivity contribution >= 4 is 0 Å². The summed E-state index contributed by atoms with van der Waals surface area (Å²) in [5.41, 5.74) is 1.39. The van der Waals surface area contributed by atoms with Crippen molar-refractivity contribution in [3.8, 4) is 5.75 Å². The van der Waals surface area contributed by atoms with Gasteiger partial charge >= 0.3 is 0 Å². The minimum atomic E-state index is 0.605. The van der Waals surface area contributed by atoms with Gasteiger partial charge in [0, 0.05) is 19.3 Å². The summed E-state index contributed by atoms with van der Waals surface area (Å²) in [5, 5.41) is 3.62. The molecule has 0 radical (unpaired) electrons. The van der Waals surface area contributed by atoms with Crippen LogP contribution in [0.25, 0.3) is 0 Å². The number of methoxy groups -OCH3 is 1. The van der Waals surface area contributed by atoms with E-state index in [0.717, 1.165) is 37.8 Å². The molecule has 0 aliphatic carbocycles. The first-order valence-electron chi connectivity index (χ1n) is 7.76. The van der Waals surface area contributed by atoms with Crippen molar-refractivity contribution in [3.05, 3.63) is 29.8 Å². The van der Waals surface area contributed by atoms with Gasteiger partial charge in [-0.2, -0.15) is 0 Å². The molecule has 1 fully saturated rings. The molecule has 112 valence electrons.